The van der Waals surface area contributed by atoms with Crippen molar-refractivity contribution in [3.8, 4) is 5.75 Å². The van der Waals surface area contributed by atoms with Crippen molar-refractivity contribution in [2.24, 2.45) is 0 Å². The van der Waals surface area contributed by atoms with Crippen molar-refractivity contribution >= 4 is 38.7 Å². The number of nitrogens with zero attached hydrogens (tertiary/aromatic N) is 2. The maximum Gasteiger partial charge on any atom is 0.415 e. The highest BCUT2D eigenvalue weighted by Gasteiger charge is 2.27. The van der Waals surface area contributed by atoms with Crippen LogP contribution in [0.4, 0.5) is 14.9 Å². The van der Waals surface area contributed by atoms with Gasteiger partial charge >= 0.3 is 12.0 Å². The zero-order valence-corrected chi connectivity index (χ0v) is 19.5. The molecule has 0 spiro atoms. The maximum atomic E-state index is 14.6. The summed E-state index contributed by atoms with van der Waals surface area (Å²) in [5.41, 5.74) is 0.770. The molecule has 180 valence electrons. The molecular weight excluding hydrogens is 465 g/mol. The van der Waals surface area contributed by atoms with E-state index < -0.39 is 32.7 Å². The summed E-state index contributed by atoms with van der Waals surface area (Å²) in [6.45, 7) is 5.88. The second-order valence-corrected chi connectivity index (χ2v) is 9.36. The number of hydrogen-bond donors (Lipinski definition) is 1. The molecule has 4 rings (SSSR count). The first-order valence-corrected chi connectivity index (χ1v) is 12.3. The lowest BCUT2D eigenvalue weighted by Gasteiger charge is -2.33. The van der Waals surface area contributed by atoms with Gasteiger partial charge in [-0.25, -0.2) is 22.3 Å². The van der Waals surface area contributed by atoms with Crippen LogP contribution >= 0.6 is 0 Å². The molecule has 34 heavy (non-hydrogen) atoms. The number of benzene rings is 2. The molecule has 3 aromatic rings. The van der Waals surface area contributed by atoms with E-state index in [1.165, 1.54) is 35.2 Å². The number of anilines is 1. The van der Waals surface area contributed by atoms with Gasteiger partial charge in [0.1, 0.15) is 16.3 Å². The molecule has 2 aromatic carbocycles. The third-order valence-corrected chi connectivity index (χ3v) is 6.97. The number of rotatable bonds is 7. The van der Waals surface area contributed by atoms with Gasteiger partial charge in [-0.3, -0.25) is 4.79 Å². The first kappa shape index (κ1) is 23.6. The number of ether oxygens (including phenoxy) is 1. The summed E-state index contributed by atoms with van der Waals surface area (Å²) in [5.74, 6) is -2.24. The first-order chi connectivity index (χ1) is 16.2. The molecule has 0 atom stereocenters. The van der Waals surface area contributed by atoms with Gasteiger partial charge in [0.2, 0.25) is 0 Å². The summed E-state index contributed by atoms with van der Waals surface area (Å²) in [6.07, 6.45) is 0.291. The molecule has 1 aliphatic heterocycles. The fourth-order valence-electron chi connectivity index (χ4n) is 3.58. The van der Waals surface area contributed by atoms with Crippen LogP contribution in [0.25, 0.3) is 11.0 Å². The SMILES string of the molecule is CCN(CC)C(=O)Oc1ccccc1S(=O)(=O)NC(=O)c1cc2c(F)cc(N3CCC3)cc2o1. The maximum absolute atomic E-state index is 14.6. The Morgan fingerprint density at radius 1 is 1.15 bits per heavy atom. The molecule has 9 nitrogen and oxygen atoms in total. The largest absolute Gasteiger partial charge is 0.451 e. The van der Waals surface area contributed by atoms with Crippen molar-refractivity contribution < 1.29 is 31.6 Å². The summed E-state index contributed by atoms with van der Waals surface area (Å²) in [5, 5.41) is 0.0698. The second kappa shape index (κ2) is 9.34. The molecule has 11 heteroatoms. The van der Waals surface area contributed by atoms with Crippen molar-refractivity contribution in [1.82, 2.24) is 9.62 Å². The Kier molecular flexibility index (Phi) is 6.47. The van der Waals surface area contributed by atoms with Crippen molar-refractivity contribution in [3.63, 3.8) is 0 Å². The van der Waals surface area contributed by atoms with E-state index in [0.717, 1.165) is 25.6 Å². The predicted molar refractivity (Wildman–Crippen MR) is 123 cm³/mol. The Morgan fingerprint density at radius 3 is 2.50 bits per heavy atom. The van der Waals surface area contributed by atoms with E-state index in [4.69, 9.17) is 9.15 Å². The number of carbonyl (C=O) groups excluding carboxylic acids is 2. The molecule has 1 saturated heterocycles. The molecule has 1 N–H and O–H groups in total. The summed E-state index contributed by atoms with van der Waals surface area (Å²) in [7, 11) is -4.44. The topological polar surface area (TPSA) is 109 Å². The molecule has 0 saturated carbocycles. The lowest BCUT2D eigenvalue weighted by atomic mass is 10.1. The quantitative estimate of drug-likeness (QED) is 0.538. The van der Waals surface area contributed by atoms with Crippen LogP contribution in [0.1, 0.15) is 30.8 Å². The monoisotopic (exact) mass is 489 g/mol. The Labute approximate surface area is 196 Å². The molecule has 0 bridgehead atoms. The Morgan fingerprint density at radius 2 is 1.85 bits per heavy atom. The van der Waals surface area contributed by atoms with Crippen molar-refractivity contribution in [2.45, 2.75) is 25.2 Å². The second-order valence-electron chi connectivity index (χ2n) is 7.71. The van der Waals surface area contributed by atoms with E-state index in [-0.39, 0.29) is 22.5 Å². The summed E-state index contributed by atoms with van der Waals surface area (Å²) >= 11 is 0. The fraction of sp³-hybridized carbons (Fsp3) is 0.304. The Bertz CT molecular complexity index is 1350. The van der Waals surface area contributed by atoms with Crippen LogP contribution in [0.5, 0.6) is 5.75 Å². The third-order valence-electron chi connectivity index (χ3n) is 5.60. The standard InChI is InChI=1S/C23H24FN3O6S/c1-3-26(4-2)23(29)33-18-8-5-6-9-21(18)34(30,31)25-22(28)20-14-16-17(24)12-15(13-19(16)32-20)27-10-7-11-27/h5-6,8-9,12-14H,3-4,7,10-11H2,1-2H3,(H,25,28). The predicted octanol–water partition coefficient (Wildman–Crippen LogP) is 3.74. The van der Waals surface area contributed by atoms with E-state index in [9.17, 15) is 22.4 Å². The van der Waals surface area contributed by atoms with E-state index in [1.807, 2.05) is 9.62 Å². The van der Waals surface area contributed by atoms with Gasteiger partial charge in [-0.05, 0) is 38.5 Å². The van der Waals surface area contributed by atoms with Gasteiger partial charge in [-0.15, -0.1) is 0 Å². The van der Waals surface area contributed by atoms with Gasteiger partial charge in [0.25, 0.3) is 10.0 Å². The zero-order valence-electron chi connectivity index (χ0n) is 18.7. The van der Waals surface area contributed by atoms with Crippen LogP contribution in [0.3, 0.4) is 0 Å². The average molecular weight is 490 g/mol. The highest BCUT2D eigenvalue weighted by atomic mass is 32.2. The average Bonchev–Trinajstić information content (AvgIpc) is 3.18. The molecule has 2 amide bonds. The minimum atomic E-state index is -4.44. The van der Waals surface area contributed by atoms with Gasteiger partial charge in [0.05, 0.1) is 5.39 Å². The molecule has 1 fully saturated rings. The minimum Gasteiger partial charge on any atom is -0.451 e. The number of amides is 2. The molecule has 2 heterocycles. The van der Waals surface area contributed by atoms with Gasteiger partial charge in [-0.1, -0.05) is 12.1 Å². The van der Waals surface area contributed by atoms with E-state index >= 15 is 0 Å². The number of halogens is 1. The van der Waals surface area contributed by atoms with Gasteiger partial charge in [-0.2, -0.15) is 0 Å². The number of hydrogen-bond acceptors (Lipinski definition) is 7. The highest BCUT2D eigenvalue weighted by Crippen LogP contribution is 2.31. The highest BCUT2D eigenvalue weighted by molar-refractivity contribution is 7.90. The number of nitrogens with one attached hydrogen (secondary N) is 1. The minimum absolute atomic E-state index is 0.0698. The van der Waals surface area contributed by atoms with Crippen LogP contribution in [-0.2, 0) is 10.0 Å². The Hall–Kier alpha value is -3.60. The number of sulfonamides is 1. The molecule has 0 radical (unpaired) electrons. The molecular formula is C23H24FN3O6S. The van der Waals surface area contributed by atoms with Gasteiger partial charge < -0.3 is 19.0 Å². The van der Waals surface area contributed by atoms with E-state index in [1.54, 1.807) is 19.9 Å². The van der Waals surface area contributed by atoms with Gasteiger partial charge in [0.15, 0.2) is 11.5 Å². The van der Waals surface area contributed by atoms with Crippen molar-refractivity contribution in [2.75, 3.05) is 31.1 Å². The van der Waals surface area contributed by atoms with Crippen LogP contribution < -0.4 is 14.4 Å². The lowest BCUT2D eigenvalue weighted by Crippen LogP contribution is -2.36. The smallest absolute Gasteiger partial charge is 0.415 e. The molecule has 1 aromatic heterocycles. The number of carbonyl (C=O) groups is 2. The first-order valence-electron chi connectivity index (χ1n) is 10.8. The molecule has 0 aliphatic carbocycles. The van der Waals surface area contributed by atoms with Crippen LogP contribution in [-0.4, -0.2) is 51.5 Å². The summed E-state index contributed by atoms with van der Waals surface area (Å²) < 4.78 is 53.1. The number of fused-ring (bicyclic) bond motifs is 1. The third kappa shape index (κ3) is 4.56. The van der Waals surface area contributed by atoms with Crippen LogP contribution in [0.2, 0.25) is 0 Å². The fourth-order valence-corrected chi connectivity index (χ4v) is 4.66. The number of para-hydroxylation sites is 1. The van der Waals surface area contributed by atoms with Gasteiger partial charge in [0, 0.05) is 44.0 Å². The summed E-state index contributed by atoms with van der Waals surface area (Å²) in [4.78, 5) is 27.9. The summed E-state index contributed by atoms with van der Waals surface area (Å²) in [6, 6.07) is 9.58. The zero-order chi connectivity index (χ0) is 24.5. The van der Waals surface area contributed by atoms with Crippen LogP contribution in [0.15, 0.2) is 51.8 Å². The lowest BCUT2D eigenvalue weighted by molar-refractivity contribution is 0.0956. The molecule has 1 aliphatic rings. The van der Waals surface area contributed by atoms with E-state index in [0.29, 0.717) is 18.8 Å². The number of furan rings is 1. The molecule has 0 unspecified atom stereocenters. The van der Waals surface area contributed by atoms with Crippen molar-refractivity contribution in [1.29, 1.82) is 0 Å². The van der Waals surface area contributed by atoms with Crippen LogP contribution in [0, 0.1) is 5.82 Å². The normalized spacial score (nSPS) is 13.4. The Balaban J connectivity index is 1.58. The van der Waals surface area contributed by atoms with Crippen molar-refractivity contribution in [3.05, 3.63) is 54.0 Å². The van der Waals surface area contributed by atoms with E-state index in [2.05, 4.69) is 0 Å².